The average Bonchev–Trinajstić information content (AvgIpc) is 2.71. The Morgan fingerprint density at radius 1 is 1.56 bits per heavy atom. The number of hydrogen-bond donors (Lipinski definition) is 1. The average molecular weight is 253 g/mol. The minimum Gasteiger partial charge on any atom is -0.488 e. The summed E-state index contributed by atoms with van der Waals surface area (Å²) in [5, 5.41) is 3.32. The first-order valence-corrected chi connectivity index (χ1v) is 6.46. The van der Waals surface area contributed by atoms with Gasteiger partial charge in [0.1, 0.15) is 17.7 Å². The predicted octanol–water partition coefficient (Wildman–Crippen LogP) is 2.14. The molecule has 0 fully saturated rings. The SMILES string of the molecule is CCOC(C)CNCC1Cc2cc(F)ccc2O1. The molecule has 0 saturated heterocycles. The summed E-state index contributed by atoms with van der Waals surface area (Å²) in [7, 11) is 0. The van der Waals surface area contributed by atoms with Gasteiger partial charge in [-0.05, 0) is 32.0 Å². The Morgan fingerprint density at radius 3 is 3.17 bits per heavy atom. The number of nitrogens with one attached hydrogen (secondary N) is 1. The molecule has 1 aromatic rings. The van der Waals surface area contributed by atoms with E-state index in [1.807, 2.05) is 13.8 Å². The minimum absolute atomic E-state index is 0.0932. The topological polar surface area (TPSA) is 30.5 Å². The van der Waals surface area contributed by atoms with Gasteiger partial charge in [0.25, 0.3) is 0 Å². The largest absolute Gasteiger partial charge is 0.488 e. The third-order valence-electron chi connectivity index (χ3n) is 3.02. The van der Waals surface area contributed by atoms with Gasteiger partial charge >= 0.3 is 0 Å². The third-order valence-corrected chi connectivity index (χ3v) is 3.02. The summed E-state index contributed by atoms with van der Waals surface area (Å²) in [6.45, 7) is 6.32. The fourth-order valence-electron chi connectivity index (χ4n) is 2.19. The molecule has 2 atom stereocenters. The Balaban J connectivity index is 1.74. The molecule has 0 aromatic heterocycles. The highest BCUT2D eigenvalue weighted by Gasteiger charge is 2.22. The molecule has 1 aliphatic heterocycles. The van der Waals surface area contributed by atoms with E-state index in [2.05, 4.69) is 5.32 Å². The molecule has 18 heavy (non-hydrogen) atoms. The molecular formula is C14H20FNO2. The summed E-state index contributed by atoms with van der Waals surface area (Å²) in [5.41, 5.74) is 0.958. The summed E-state index contributed by atoms with van der Waals surface area (Å²) in [6, 6.07) is 4.69. The van der Waals surface area contributed by atoms with Gasteiger partial charge < -0.3 is 14.8 Å². The zero-order valence-electron chi connectivity index (χ0n) is 10.9. The maximum Gasteiger partial charge on any atom is 0.123 e. The van der Waals surface area contributed by atoms with E-state index in [0.717, 1.165) is 37.4 Å². The Hall–Kier alpha value is -1.13. The second-order valence-electron chi connectivity index (χ2n) is 4.62. The lowest BCUT2D eigenvalue weighted by atomic mass is 10.1. The van der Waals surface area contributed by atoms with Crippen LogP contribution in [0.1, 0.15) is 19.4 Å². The van der Waals surface area contributed by atoms with Crippen LogP contribution in [0.5, 0.6) is 5.75 Å². The smallest absolute Gasteiger partial charge is 0.123 e. The molecule has 1 N–H and O–H groups in total. The van der Waals surface area contributed by atoms with Crippen molar-refractivity contribution in [1.82, 2.24) is 5.32 Å². The minimum atomic E-state index is -0.198. The van der Waals surface area contributed by atoms with Crippen LogP contribution in [0, 0.1) is 5.82 Å². The normalized spacial score (nSPS) is 19.4. The maximum atomic E-state index is 13.0. The maximum absolute atomic E-state index is 13.0. The lowest BCUT2D eigenvalue weighted by molar-refractivity contribution is 0.0740. The molecule has 0 saturated carbocycles. The van der Waals surface area contributed by atoms with E-state index >= 15 is 0 Å². The summed E-state index contributed by atoms with van der Waals surface area (Å²) in [6.07, 6.45) is 1.06. The number of benzene rings is 1. The van der Waals surface area contributed by atoms with Gasteiger partial charge in [-0.1, -0.05) is 0 Å². The molecule has 0 bridgehead atoms. The highest BCUT2D eigenvalue weighted by molar-refractivity contribution is 5.37. The van der Waals surface area contributed by atoms with Crippen molar-refractivity contribution < 1.29 is 13.9 Å². The molecule has 2 rings (SSSR count). The fraction of sp³-hybridized carbons (Fsp3) is 0.571. The van der Waals surface area contributed by atoms with E-state index in [1.165, 1.54) is 6.07 Å². The summed E-state index contributed by atoms with van der Waals surface area (Å²) >= 11 is 0. The van der Waals surface area contributed by atoms with Crippen LogP contribution in [0.2, 0.25) is 0 Å². The number of ether oxygens (including phenoxy) is 2. The third kappa shape index (κ3) is 3.43. The Morgan fingerprint density at radius 2 is 2.39 bits per heavy atom. The van der Waals surface area contributed by atoms with Crippen LogP contribution in [-0.2, 0) is 11.2 Å². The Kier molecular flexibility index (Phi) is 4.55. The quantitative estimate of drug-likeness (QED) is 0.842. The predicted molar refractivity (Wildman–Crippen MR) is 68.5 cm³/mol. The molecule has 0 amide bonds. The van der Waals surface area contributed by atoms with Crippen LogP contribution >= 0.6 is 0 Å². The number of hydrogen-bond acceptors (Lipinski definition) is 3. The van der Waals surface area contributed by atoms with Crippen LogP contribution in [0.3, 0.4) is 0 Å². The molecule has 1 aliphatic rings. The molecule has 4 heteroatoms. The van der Waals surface area contributed by atoms with Crippen molar-refractivity contribution in [3.05, 3.63) is 29.6 Å². The van der Waals surface area contributed by atoms with Gasteiger partial charge in [0.2, 0.25) is 0 Å². The monoisotopic (exact) mass is 253 g/mol. The Labute approximate surface area is 107 Å². The fourth-order valence-corrected chi connectivity index (χ4v) is 2.19. The molecular weight excluding hydrogens is 233 g/mol. The van der Waals surface area contributed by atoms with E-state index in [9.17, 15) is 4.39 Å². The van der Waals surface area contributed by atoms with Gasteiger partial charge in [-0.3, -0.25) is 0 Å². The summed E-state index contributed by atoms with van der Waals surface area (Å²) < 4.78 is 24.2. The molecule has 0 spiro atoms. The van der Waals surface area contributed by atoms with Crippen molar-refractivity contribution in [2.45, 2.75) is 32.5 Å². The molecule has 1 aromatic carbocycles. The van der Waals surface area contributed by atoms with E-state index in [1.54, 1.807) is 12.1 Å². The van der Waals surface area contributed by atoms with E-state index in [-0.39, 0.29) is 18.0 Å². The van der Waals surface area contributed by atoms with Gasteiger partial charge in [0.05, 0.1) is 6.10 Å². The molecule has 100 valence electrons. The number of fused-ring (bicyclic) bond motifs is 1. The molecule has 0 radical (unpaired) electrons. The van der Waals surface area contributed by atoms with Crippen molar-refractivity contribution in [1.29, 1.82) is 0 Å². The lowest BCUT2D eigenvalue weighted by Gasteiger charge is -2.15. The van der Waals surface area contributed by atoms with Crippen molar-refractivity contribution in [2.24, 2.45) is 0 Å². The van der Waals surface area contributed by atoms with Crippen LogP contribution in [0.15, 0.2) is 18.2 Å². The van der Waals surface area contributed by atoms with E-state index in [4.69, 9.17) is 9.47 Å². The van der Waals surface area contributed by atoms with E-state index in [0.29, 0.717) is 0 Å². The molecule has 2 unspecified atom stereocenters. The van der Waals surface area contributed by atoms with Gasteiger partial charge in [0.15, 0.2) is 0 Å². The van der Waals surface area contributed by atoms with Gasteiger partial charge in [-0.25, -0.2) is 4.39 Å². The van der Waals surface area contributed by atoms with Crippen LogP contribution in [-0.4, -0.2) is 31.9 Å². The lowest BCUT2D eigenvalue weighted by Crippen LogP contribution is -2.35. The van der Waals surface area contributed by atoms with Crippen molar-refractivity contribution in [3.8, 4) is 5.75 Å². The highest BCUT2D eigenvalue weighted by atomic mass is 19.1. The van der Waals surface area contributed by atoms with Crippen molar-refractivity contribution >= 4 is 0 Å². The first-order valence-electron chi connectivity index (χ1n) is 6.46. The van der Waals surface area contributed by atoms with Gasteiger partial charge in [-0.2, -0.15) is 0 Å². The Bertz CT molecular complexity index is 397. The molecule has 1 heterocycles. The number of rotatable bonds is 6. The van der Waals surface area contributed by atoms with Gasteiger partial charge in [-0.15, -0.1) is 0 Å². The van der Waals surface area contributed by atoms with E-state index < -0.39 is 0 Å². The first-order chi connectivity index (χ1) is 8.69. The van der Waals surface area contributed by atoms with Crippen LogP contribution in [0.25, 0.3) is 0 Å². The zero-order chi connectivity index (χ0) is 13.0. The van der Waals surface area contributed by atoms with Crippen molar-refractivity contribution in [2.75, 3.05) is 19.7 Å². The molecule has 0 aliphatic carbocycles. The molecule has 3 nitrogen and oxygen atoms in total. The van der Waals surface area contributed by atoms with Gasteiger partial charge in [0, 0.05) is 31.7 Å². The van der Waals surface area contributed by atoms with Crippen LogP contribution in [0.4, 0.5) is 4.39 Å². The summed E-state index contributed by atoms with van der Waals surface area (Å²) in [5.74, 6) is 0.608. The highest BCUT2D eigenvalue weighted by Crippen LogP contribution is 2.28. The zero-order valence-corrected chi connectivity index (χ0v) is 10.9. The summed E-state index contributed by atoms with van der Waals surface area (Å²) in [4.78, 5) is 0. The first kappa shape index (κ1) is 13.3. The standard InChI is InChI=1S/C14H20FNO2/c1-3-17-10(2)8-16-9-13-7-11-6-12(15)4-5-14(11)18-13/h4-6,10,13,16H,3,7-9H2,1-2H3. The second-order valence-corrected chi connectivity index (χ2v) is 4.62. The van der Waals surface area contributed by atoms with Crippen LogP contribution < -0.4 is 10.1 Å². The number of halogens is 1. The second kappa shape index (κ2) is 6.16. The van der Waals surface area contributed by atoms with Crippen molar-refractivity contribution in [3.63, 3.8) is 0 Å².